The maximum absolute atomic E-state index is 12.8. The molecule has 56 heavy (non-hydrogen) atoms. The van der Waals surface area contributed by atoms with Crippen LogP contribution in [0.5, 0.6) is 0 Å². The highest BCUT2D eigenvalue weighted by atomic mass is 31.2. The standard InChI is InChI=1S/C43H79O12P/c1-3-5-7-9-11-13-15-16-17-18-19-20-21-22-24-26-28-30-32-37(44)54-36(34-52-33-31-29-27-25-23-14-12-10-8-6-4-2)35-53-56(50,51)55-43-41(48)39(46)38(45)40(47)42(43)49/h8,10,13,15,17-18,36,38-43,45-49H,3-7,9,11-12,14,16,19-35H2,1-2H3,(H,50,51)/b10-8-,15-13-,18-17-. The van der Waals surface area contributed by atoms with E-state index in [4.69, 9.17) is 18.5 Å². The predicted octanol–water partition coefficient (Wildman–Crippen LogP) is 8.31. The molecule has 1 fully saturated rings. The van der Waals surface area contributed by atoms with Crippen LogP contribution in [0.25, 0.3) is 0 Å². The molecule has 0 amide bonds. The van der Waals surface area contributed by atoms with Crippen LogP contribution in [-0.4, -0.2) is 98.9 Å². The van der Waals surface area contributed by atoms with Gasteiger partial charge in [-0.15, -0.1) is 0 Å². The van der Waals surface area contributed by atoms with Gasteiger partial charge in [0.25, 0.3) is 0 Å². The first kappa shape index (κ1) is 52.6. The number of esters is 1. The maximum atomic E-state index is 12.8. The van der Waals surface area contributed by atoms with Gasteiger partial charge in [-0.3, -0.25) is 13.8 Å². The van der Waals surface area contributed by atoms with E-state index in [-0.39, 0.29) is 13.0 Å². The van der Waals surface area contributed by atoms with E-state index in [0.29, 0.717) is 13.0 Å². The Kier molecular flexibility index (Phi) is 32.3. The van der Waals surface area contributed by atoms with E-state index < -0.39 is 63.1 Å². The van der Waals surface area contributed by atoms with Gasteiger partial charge in [0.05, 0.1) is 13.2 Å². The molecule has 0 spiro atoms. The molecule has 0 aliphatic heterocycles. The Morgan fingerprint density at radius 1 is 0.571 bits per heavy atom. The lowest BCUT2D eigenvalue weighted by atomic mass is 9.85. The van der Waals surface area contributed by atoms with Crippen LogP contribution in [0.3, 0.4) is 0 Å². The van der Waals surface area contributed by atoms with E-state index in [9.17, 15) is 39.8 Å². The van der Waals surface area contributed by atoms with Crippen molar-refractivity contribution < 1.29 is 58.3 Å². The number of carbonyl (C=O) groups is 1. The number of aliphatic hydroxyl groups is 5. The number of hydrogen-bond donors (Lipinski definition) is 6. The highest BCUT2D eigenvalue weighted by molar-refractivity contribution is 7.47. The van der Waals surface area contributed by atoms with E-state index in [1.807, 2.05) is 0 Å². The Balaban J connectivity index is 2.41. The first-order chi connectivity index (χ1) is 27.0. The molecule has 0 aromatic carbocycles. The molecule has 0 heterocycles. The smallest absolute Gasteiger partial charge is 0.457 e. The zero-order valence-electron chi connectivity index (χ0n) is 34.7. The molecular weight excluding hydrogens is 739 g/mol. The lowest BCUT2D eigenvalue weighted by Crippen LogP contribution is -2.64. The number of carbonyl (C=O) groups excluding carboxylic acids is 1. The molecule has 1 aliphatic rings. The van der Waals surface area contributed by atoms with Crippen LogP contribution in [0.4, 0.5) is 0 Å². The molecule has 13 heteroatoms. The van der Waals surface area contributed by atoms with Crippen molar-refractivity contribution in [2.75, 3.05) is 19.8 Å². The van der Waals surface area contributed by atoms with E-state index in [1.165, 1.54) is 64.2 Å². The minimum atomic E-state index is -5.02. The predicted molar refractivity (Wildman–Crippen MR) is 221 cm³/mol. The number of phosphoric ester groups is 1. The molecular formula is C43H79O12P. The van der Waals surface area contributed by atoms with Crippen molar-refractivity contribution >= 4 is 13.8 Å². The Morgan fingerprint density at radius 2 is 1.04 bits per heavy atom. The van der Waals surface area contributed by atoms with Gasteiger partial charge in [-0.05, 0) is 64.2 Å². The minimum Gasteiger partial charge on any atom is -0.457 e. The third kappa shape index (κ3) is 26.5. The summed E-state index contributed by atoms with van der Waals surface area (Å²) in [5.74, 6) is -0.489. The second-order valence-electron chi connectivity index (χ2n) is 15.2. The Morgan fingerprint density at radius 3 is 1.59 bits per heavy atom. The molecule has 0 aromatic heterocycles. The second-order valence-corrected chi connectivity index (χ2v) is 16.6. The van der Waals surface area contributed by atoms with Crippen molar-refractivity contribution in [2.24, 2.45) is 0 Å². The van der Waals surface area contributed by atoms with Crippen molar-refractivity contribution in [1.82, 2.24) is 0 Å². The Bertz CT molecular complexity index is 1070. The summed E-state index contributed by atoms with van der Waals surface area (Å²) in [6.07, 6.45) is 26.5. The fourth-order valence-electron chi connectivity index (χ4n) is 6.45. The van der Waals surface area contributed by atoms with E-state index >= 15 is 0 Å². The highest BCUT2D eigenvalue weighted by Crippen LogP contribution is 2.47. The first-order valence-corrected chi connectivity index (χ1v) is 23.3. The normalized spacial score (nSPS) is 23.4. The zero-order chi connectivity index (χ0) is 41.3. The van der Waals surface area contributed by atoms with E-state index in [0.717, 1.165) is 77.0 Å². The number of allylic oxidation sites excluding steroid dienone is 6. The van der Waals surface area contributed by atoms with Crippen molar-refractivity contribution in [3.05, 3.63) is 36.5 Å². The average molecular weight is 819 g/mol. The zero-order valence-corrected chi connectivity index (χ0v) is 35.6. The van der Waals surface area contributed by atoms with Gasteiger partial charge in [-0.2, -0.15) is 0 Å². The Hall–Kier alpha value is -1.44. The molecule has 6 N–H and O–H groups in total. The maximum Gasteiger partial charge on any atom is 0.472 e. The minimum absolute atomic E-state index is 0.0842. The SMILES string of the molecule is CCC/C=C\CCCCCCCCOCC(COP(=O)(O)OC1C(O)C(O)C(O)C(O)C1O)OC(=O)CCCCCCCCC/C=C\C/C=C\CCCCCC. The van der Waals surface area contributed by atoms with Crippen LogP contribution in [0.15, 0.2) is 36.5 Å². The molecule has 0 bridgehead atoms. The topological polar surface area (TPSA) is 192 Å². The monoisotopic (exact) mass is 819 g/mol. The van der Waals surface area contributed by atoms with Gasteiger partial charge in [-0.1, -0.05) is 134 Å². The number of aliphatic hydroxyl groups excluding tert-OH is 5. The van der Waals surface area contributed by atoms with Gasteiger partial charge in [-0.25, -0.2) is 4.57 Å². The van der Waals surface area contributed by atoms with Gasteiger partial charge in [0.1, 0.15) is 42.7 Å². The quantitative estimate of drug-likeness (QED) is 0.0154. The summed E-state index contributed by atoms with van der Waals surface area (Å²) in [5.41, 5.74) is 0. The fourth-order valence-corrected chi connectivity index (χ4v) is 7.42. The van der Waals surface area contributed by atoms with Crippen LogP contribution in [0.2, 0.25) is 0 Å². The number of unbranched alkanes of at least 4 members (excludes halogenated alkanes) is 18. The summed E-state index contributed by atoms with van der Waals surface area (Å²) in [4.78, 5) is 23.1. The van der Waals surface area contributed by atoms with Crippen LogP contribution < -0.4 is 0 Å². The third-order valence-electron chi connectivity index (χ3n) is 9.97. The van der Waals surface area contributed by atoms with Crippen LogP contribution in [0.1, 0.15) is 168 Å². The molecule has 1 aliphatic carbocycles. The lowest BCUT2D eigenvalue weighted by molar-refractivity contribution is -0.220. The highest BCUT2D eigenvalue weighted by Gasteiger charge is 2.51. The van der Waals surface area contributed by atoms with E-state index in [2.05, 4.69) is 50.3 Å². The summed E-state index contributed by atoms with van der Waals surface area (Å²) < 4.78 is 34.1. The molecule has 0 saturated heterocycles. The fraction of sp³-hybridized carbons (Fsp3) is 0.837. The second kappa shape index (κ2) is 34.4. The van der Waals surface area contributed by atoms with Crippen LogP contribution in [0, 0.1) is 0 Å². The third-order valence-corrected chi connectivity index (χ3v) is 11.0. The summed E-state index contributed by atoms with van der Waals surface area (Å²) in [6, 6.07) is 0. The molecule has 1 rings (SSSR count). The molecule has 12 nitrogen and oxygen atoms in total. The van der Waals surface area contributed by atoms with Gasteiger partial charge < -0.3 is 39.9 Å². The number of hydrogen-bond acceptors (Lipinski definition) is 11. The van der Waals surface area contributed by atoms with Gasteiger partial charge in [0.15, 0.2) is 0 Å². The average Bonchev–Trinajstić information content (AvgIpc) is 3.18. The summed E-state index contributed by atoms with van der Waals surface area (Å²) in [6.45, 7) is 4.15. The number of ether oxygens (including phenoxy) is 2. The van der Waals surface area contributed by atoms with E-state index in [1.54, 1.807) is 0 Å². The number of phosphoric acid groups is 1. The molecule has 0 aromatic rings. The lowest BCUT2D eigenvalue weighted by Gasteiger charge is -2.41. The van der Waals surface area contributed by atoms with Crippen LogP contribution >= 0.6 is 7.82 Å². The molecule has 0 radical (unpaired) electrons. The molecule has 6 unspecified atom stereocenters. The van der Waals surface area contributed by atoms with Gasteiger partial charge in [0.2, 0.25) is 0 Å². The summed E-state index contributed by atoms with van der Waals surface area (Å²) in [7, 11) is -5.02. The van der Waals surface area contributed by atoms with Gasteiger partial charge >= 0.3 is 13.8 Å². The van der Waals surface area contributed by atoms with Gasteiger partial charge in [0, 0.05) is 13.0 Å². The molecule has 1 saturated carbocycles. The molecule has 6 atom stereocenters. The summed E-state index contributed by atoms with van der Waals surface area (Å²) in [5, 5.41) is 50.1. The largest absolute Gasteiger partial charge is 0.472 e. The Labute approximate surface area is 338 Å². The van der Waals surface area contributed by atoms with Crippen LogP contribution in [-0.2, 0) is 27.9 Å². The van der Waals surface area contributed by atoms with Crippen molar-refractivity contribution in [3.8, 4) is 0 Å². The van der Waals surface area contributed by atoms with Crippen molar-refractivity contribution in [2.45, 2.75) is 211 Å². The summed E-state index contributed by atoms with van der Waals surface area (Å²) >= 11 is 0. The van der Waals surface area contributed by atoms with Crippen molar-refractivity contribution in [3.63, 3.8) is 0 Å². The number of rotatable bonds is 36. The molecule has 328 valence electrons. The first-order valence-electron chi connectivity index (χ1n) is 21.8. The van der Waals surface area contributed by atoms with Crippen molar-refractivity contribution in [1.29, 1.82) is 0 Å².